The molecule has 6 nitrogen and oxygen atoms in total. The van der Waals surface area contributed by atoms with Crippen molar-refractivity contribution in [3.8, 4) is 0 Å². The average molecular weight is 496 g/mol. The summed E-state index contributed by atoms with van der Waals surface area (Å²) in [7, 11) is -3.68. The van der Waals surface area contributed by atoms with Crippen molar-refractivity contribution in [1.82, 2.24) is 9.21 Å². The monoisotopic (exact) mass is 495 g/mol. The van der Waals surface area contributed by atoms with E-state index in [9.17, 15) is 13.2 Å². The second-order valence-corrected chi connectivity index (χ2v) is 11.0. The Labute approximate surface area is 206 Å². The van der Waals surface area contributed by atoms with Crippen molar-refractivity contribution in [2.45, 2.75) is 22.8 Å². The van der Waals surface area contributed by atoms with Gasteiger partial charge < -0.3 is 5.32 Å². The molecule has 0 atom stereocenters. The summed E-state index contributed by atoms with van der Waals surface area (Å²) < 4.78 is 28.4. The van der Waals surface area contributed by atoms with Crippen molar-refractivity contribution >= 4 is 33.4 Å². The van der Waals surface area contributed by atoms with Gasteiger partial charge in [-0.2, -0.15) is 4.31 Å². The third-order valence-corrected chi connectivity index (χ3v) is 8.68. The predicted molar refractivity (Wildman–Crippen MR) is 138 cm³/mol. The highest BCUT2D eigenvalue weighted by Gasteiger charge is 2.32. The van der Waals surface area contributed by atoms with Gasteiger partial charge in [-0.3, -0.25) is 9.69 Å². The molecule has 1 aliphatic rings. The molecular formula is C26H29N3O3S2. The average Bonchev–Trinajstić information content (AvgIpc) is 2.85. The number of nitrogens with zero attached hydrogens (tertiary/aromatic N) is 2. The lowest BCUT2D eigenvalue weighted by Gasteiger charge is -2.39. The first-order valence-corrected chi connectivity index (χ1v) is 13.9. The molecule has 0 aliphatic carbocycles. The maximum Gasteiger partial charge on any atom is 0.243 e. The molecule has 1 N–H and O–H groups in total. The number of rotatable bonds is 7. The van der Waals surface area contributed by atoms with Crippen LogP contribution in [0, 0.1) is 0 Å². The minimum Gasteiger partial charge on any atom is -0.325 e. The van der Waals surface area contributed by atoms with Gasteiger partial charge in [-0.25, -0.2) is 8.42 Å². The first-order valence-electron chi connectivity index (χ1n) is 11.2. The van der Waals surface area contributed by atoms with Gasteiger partial charge in [0.15, 0.2) is 0 Å². The molecule has 4 rings (SSSR count). The van der Waals surface area contributed by atoms with E-state index in [1.54, 1.807) is 22.5 Å². The van der Waals surface area contributed by atoms with Crippen LogP contribution in [0.5, 0.6) is 0 Å². The van der Waals surface area contributed by atoms with Crippen LogP contribution in [0.4, 0.5) is 5.69 Å². The molecule has 178 valence electrons. The molecule has 0 bridgehead atoms. The number of carbonyl (C=O) groups is 1. The number of sulfonamides is 1. The van der Waals surface area contributed by atoms with Crippen LogP contribution in [0.2, 0.25) is 0 Å². The van der Waals surface area contributed by atoms with E-state index in [-0.39, 0.29) is 16.8 Å². The molecule has 0 aromatic heterocycles. The maximum absolute atomic E-state index is 13.4. The number of amides is 1. The summed E-state index contributed by atoms with van der Waals surface area (Å²) >= 11 is 1.46. The number of hydrogen-bond donors (Lipinski definition) is 1. The topological polar surface area (TPSA) is 69.7 Å². The molecule has 0 radical (unpaired) electrons. The Morgan fingerprint density at radius 1 is 0.882 bits per heavy atom. The summed E-state index contributed by atoms with van der Waals surface area (Å²) in [6.45, 7) is 3.46. The van der Waals surface area contributed by atoms with E-state index in [4.69, 9.17) is 0 Å². The van der Waals surface area contributed by atoms with Crippen LogP contribution in [-0.2, 0) is 14.8 Å². The van der Waals surface area contributed by atoms with E-state index in [1.807, 2.05) is 42.7 Å². The van der Waals surface area contributed by atoms with Gasteiger partial charge in [0.1, 0.15) is 0 Å². The second-order valence-electron chi connectivity index (χ2n) is 8.21. The Balaban J connectivity index is 1.55. The normalized spacial score (nSPS) is 15.4. The van der Waals surface area contributed by atoms with Crippen molar-refractivity contribution in [2.75, 3.05) is 37.8 Å². The van der Waals surface area contributed by atoms with Crippen molar-refractivity contribution in [1.29, 1.82) is 0 Å². The summed E-state index contributed by atoms with van der Waals surface area (Å²) in [6, 6.07) is 25.7. The molecule has 1 fully saturated rings. The maximum atomic E-state index is 13.4. The van der Waals surface area contributed by atoms with Crippen LogP contribution in [0.15, 0.2) is 88.7 Å². The van der Waals surface area contributed by atoms with E-state index in [1.165, 1.54) is 29.8 Å². The summed E-state index contributed by atoms with van der Waals surface area (Å²) in [5.41, 5.74) is 2.91. The first-order chi connectivity index (χ1) is 16.4. The lowest BCUT2D eigenvalue weighted by molar-refractivity contribution is -0.114. The highest BCUT2D eigenvalue weighted by Crippen LogP contribution is 2.32. The fourth-order valence-electron chi connectivity index (χ4n) is 4.37. The largest absolute Gasteiger partial charge is 0.325 e. The minimum atomic E-state index is -3.68. The summed E-state index contributed by atoms with van der Waals surface area (Å²) in [6.07, 6.45) is 1.89. The summed E-state index contributed by atoms with van der Waals surface area (Å²) in [5, 5.41) is 2.75. The van der Waals surface area contributed by atoms with Crippen molar-refractivity contribution in [2.24, 2.45) is 0 Å². The van der Waals surface area contributed by atoms with Crippen molar-refractivity contribution < 1.29 is 13.2 Å². The Bertz CT molecular complexity index is 1190. The molecule has 3 aromatic rings. The van der Waals surface area contributed by atoms with E-state index >= 15 is 0 Å². The van der Waals surface area contributed by atoms with Gasteiger partial charge in [-0.1, -0.05) is 60.7 Å². The molecule has 3 aromatic carbocycles. The van der Waals surface area contributed by atoms with Crippen LogP contribution in [0.25, 0.3) is 0 Å². The van der Waals surface area contributed by atoms with Crippen LogP contribution >= 0.6 is 11.8 Å². The molecule has 8 heteroatoms. The number of piperazine rings is 1. The molecular weight excluding hydrogens is 466 g/mol. The molecule has 1 saturated heterocycles. The lowest BCUT2D eigenvalue weighted by Crippen LogP contribution is -2.49. The molecule has 1 heterocycles. The molecule has 0 spiro atoms. The zero-order valence-electron chi connectivity index (χ0n) is 19.3. The molecule has 0 unspecified atom stereocenters. The fraction of sp³-hybridized carbons (Fsp3) is 0.269. The van der Waals surface area contributed by atoms with Crippen LogP contribution < -0.4 is 5.32 Å². The number of anilines is 1. The lowest BCUT2D eigenvalue weighted by atomic mass is 9.96. The number of thioether (sulfide) groups is 1. The SMILES string of the molecule is CSc1ccc(S(=O)(=O)N2CCN(C(c3ccccc3)c3ccccc3)CC2)cc1NC(C)=O. The Morgan fingerprint density at radius 2 is 1.44 bits per heavy atom. The van der Waals surface area contributed by atoms with Crippen molar-refractivity contribution in [3.63, 3.8) is 0 Å². The van der Waals surface area contributed by atoms with Gasteiger partial charge in [-0.05, 0) is 35.6 Å². The summed E-state index contributed by atoms with van der Waals surface area (Å²) in [4.78, 5) is 15.0. The fourth-order valence-corrected chi connectivity index (χ4v) is 6.35. The van der Waals surface area contributed by atoms with Gasteiger partial charge in [0, 0.05) is 38.0 Å². The van der Waals surface area contributed by atoms with Crippen LogP contribution in [0.3, 0.4) is 0 Å². The molecule has 1 aliphatic heterocycles. The van der Waals surface area contributed by atoms with Gasteiger partial charge in [-0.15, -0.1) is 11.8 Å². The standard InChI is InChI=1S/C26H29N3O3S2/c1-20(30)27-24-19-23(13-14-25(24)33-2)34(31,32)29-17-15-28(16-18-29)26(21-9-5-3-6-10-21)22-11-7-4-8-12-22/h3-14,19,26H,15-18H2,1-2H3,(H,27,30). The Hall–Kier alpha value is -2.65. The van der Waals surface area contributed by atoms with Gasteiger partial charge in [0.25, 0.3) is 0 Å². The van der Waals surface area contributed by atoms with Gasteiger partial charge >= 0.3 is 0 Å². The molecule has 34 heavy (non-hydrogen) atoms. The third kappa shape index (κ3) is 5.36. The number of carbonyl (C=O) groups excluding carboxylic acids is 1. The summed E-state index contributed by atoms with van der Waals surface area (Å²) in [5.74, 6) is -0.230. The smallest absolute Gasteiger partial charge is 0.243 e. The quantitative estimate of drug-likeness (QED) is 0.490. The van der Waals surface area contributed by atoms with Gasteiger partial charge in [0.05, 0.1) is 16.6 Å². The molecule has 0 saturated carbocycles. The highest BCUT2D eigenvalue weighted by atomic mass is 32.2. The van der Waals surface area contributed by atoms with E-state index in [0.717, 1.165) is 4.90 Å². The Morgan fingerprint density at radius 3 is 1.94 bits per heavy atom. The number of benzene rings is 3. The predicted octanol–water partition coefficient (Wildman–Crippen LogP) is 4.46. The van der Waals surface area contributed by atoms with E-state index in [0.29, 0.717) is 31.9 Å². The minimum absolute atomic E-state index is 0.0690. The third-order valence-electron chi connectivity index (χ3n) is 5.99. The number of hydrogen-bond acceptors (Lipinski definition) is 5. The van der Waals surface area contributed by atoms with Crippen molar-refractivity contribution in [3.05, 3.63) is 90.0 Å². The first kappa shape index (κ1) is 24.5. The van der Waals surface area contributed by atoms with Gasteiger partial charge in [0.2, 0.25) is 15.9 Å². The Kier molecular flexibility index (Phi) is 7.73. The van der Waals surface area contributed by atoms with Crippen LogP contribution in [0.1, 0.15) is 24.1 Å². The number of nitrogens with one attached hydrogen (secondary N) is 1. The van der Waals surface area contributed by atoms with E-state index < -0.39 is 10.0 Å². The van der Waals surface area contributed by atoms with E-state index in [2.05, 4.69) is 34.5 Å². The second kappa shape index (κ2) is 10.7. The van der Waals surface area contributed by atoms with Crippen LogP contribution in [-0.4, -0.2) is 56.0 Å². The highest BCUT2D eigenvalue weighted by molar-refractivity contribution is 7.98. The molecule has 1 amide bonds. The zero-order chi connectivity index (χ0) is 24.1. The zero-order valence-corrected chi connectivity index (χ0v) is 21.0.